The standard InChI is InChI=1S/C19H14BrN3O5S/c1-9(24)28-14(19(20)17(27)23-13(16(25)26)8-29-18(19)23)12-7-22-6-10-4-2-3-5-11(10)15(22)21-12/h2-5,7-8,14,18H,6H2,1H3,(H,25,26)/t14?,18-,19?/m1/s1. The van der Waals surface area contributed by atoms with Crippen LogP contribution in [0.1, 0.15) is 24.3 Å². The molecule has 29 heavy (non-hydrogen) atoms. The smallest absolute Gasteiger partial charge is 0.353 e. The monoisotopic (exact) mass is 475 g/mol. The van der Waals surface area contributed by atoms with E-state index in [1.165, 1.54) is 29.0 Å². The molecule has 1 aromatic heterocycles. The Hall–Kier alpha value is -2.59. The van der Waals surface area contributed by atoms with Crippen molar-refractivity contribution in [1.82, 2.24) is 14.5 Å². The number of ether oxygens (including phenoxy) is 1. The van der Waals surface area contributed by atoms with Crippen LogP contribution < -0.4 is 0 Å². The molecule has 1 aromatic carbocycles. The number of benzene rings is 1. The summed E-state index contributed by atoms with van der Waals surface area (Å²) in [5.74, 6) is -1.45. The SMILES string of the molecule is CC(=O)OC(c1cn2c(n1)-c1ccccc1C2)C1(Br)C(=O)N2C(C(=O)O)=CS[C@@H]21. The molecule has 0 radical (unpaired) electrons. The van der Waals surface area contributed by atoms with Gasteiger partial charge in [0.1, 0.15) is 22.6 Å². The maximum Gasteiger partial charge on any atom is 0.353 e. The molecule has 1 saturated heterocycles. The van der Waals surface area contributed by atoms with Crippen molar-refractivity contribution in [3.63, 3.8) is 0 Å². The van der Waals surface area contributed by atoms with Crippen molar-refractivity contribution in [2.45, 2.75) is 29.3 Å². The lowest BCUT2D eigenvalue weighted by atomic mass is 9.89. The third kappa shape index (κ3) is 2.45. The topological polar surface area (TPSA) is 102 Å². The van der Waals surface area contributed by atoms with Crippen LogP contribution in [0.4, 0.5) is 0 Å². The van der Waals surface area contributed by atoms with Crippen LogP contribution in [-0.2, 0) is 25.7 Å². The van der Waals surface area contributed by atoms with Crippen molar-refractivity contribution >= 4 is 45.5 Å². The second-order valence-corrected chi connectivity index (χ2v) is 9.27. The number of nitrogens with zero attached hydrogens (tertiary/aromatic N) is 3. The van der Waals surface area contributed by atoms with E-state index in [0.29, 0.717) is 12.2 Å². The first-order chi connectivity index (χ1) is 13.8. The second kappa shape index (κ2) is 6.20. The minimum absolute atomic E-state index is 0.0806. The Morgan fingerprint density at radius 2 is 2.17 bits per heavy atom. The van der Waals surface area contributed by atoms with Crippen molar-refractivity contribution in [1.29, 1.82) is 0 Å². The molecule has 3 aliphatic rings. The maximum atomic E-state index is 13.0. The van der Waals surface area contributed by atoms with Crippen molar-refractivity contribution in [2.75, 3.05) is 0 Å². The Bertz CT molecular complexity index is 1130. The molecule has 3 aliphatic heterocycles. The highest BCUT2D eigenvalue weighted by Crippen LogP contribution is 2.58. The highest BCUT2D eigenvalue weighted by Gasteiger charge is 2.69. The van der Waals surface area contributed by atoms with E-state index in [0.717, 1.165) is 17.0 Å². The Labute approximate surface area is 177 Å². The van der Waals surface area contributed by atoms with Crippen LogP contribution in [0.15, 0.2) is 41.6 Å². The van der Waals surface area contributed by atoms with Crippen LogP contribution in [0.5, 0.6) is 0 Å². The summed E-state index contributed by atoms with van der Waals surface area (Å²) in [6, 6.07) is 7.90. The molecule has 0 bridgehead atoms. The number of amides is 1. The van der Waals surface area contributed by atoms with E-state index in [9.17, 15) is 19.5 Å². The van der Waals surface area contributed by atoms with Gasteiger partial charge in [-0.2, -0.15) is 0 Å². The summed E-state index contributed by atoms with van der Waals surface area (Å²) in [6.07, 6.45) is 0.792. The number of aliphatic carboxylic acids is 1. The van der Waals surface area contributed by atoms with Gasteiger partial charge in [-0.1, -0.05) is 40.2 Å². The first-order valence-electron chi connectivity index (χ1n) is 8.76. The van der Waals surface area contributed by atoms with Crippen LogP contribution in [0.3, 0.4) is 0 Å². The van der Waals surface area contributed by atoms with E-state index in [-0.39, 0.29) is 5.70 Å². The van der Waals surface area contributed by atoms with Crippen LogP contribution in [0.2, 0.25) is 0 Å². The Balaban J connectivity index is 1.53. The minimum atomic E-state index is -1.30. The number of carbonyl (C=O) groups excluding carboxylic acids is 2. The lowest BCUT2D eigenvalue weighted by Crippen LogP contribution is -2.70. The number of rotatable bonds is 4. The van der Waals surface area contributed by atoms with E-state index in [2.05, 4.69) is 20.9 Å². The van der Waals surface area contributed by atoms with E-state index in [1.54, 1.807) is 6.20 Å². The molecule has 10 heteroatoms. The molecule has 1 amide bonds. The third-order valence-electron chi connectivity index (χ3n) is 5.26. The van der Waals surface area contributed by atoms with Gasteiger partial charge in [0.25, 0.3) is 5.91 Å². The Morgan fingerprint density at radius 3 is 2.90 bits per heavy atom. The van der Waals surface area contributed by atoms with Gasteiger partial charge in [-0.05, 0) is 5.56 Å². The van der Waals surface area contributed by atoms with Crippen molar-refractivity contribution in [3.05, 3.63) is 52.8 Å². The zero-order chi connectivity index (χ0) is 20.5. The number of carbonyl (C=O) groups is 3. The number of esters is 1. The van der Waals surface area contributed by atoms with Crippen molar-refractivity contribution < 1.29 is 24.2 Å². The molecule has 2 aromatic rings. The van der Waals surface area contributed by atoms with E-state index < -0.39 is 33.6 Å². The minimum Gasteiger partial charge on any atom is -0.477 e. The molecule has 148 valence electrons. The second-order valence-electron chi connectivity index (χ2n) is 7.00. The highest BCUT2D eigenvalue weighted by atomic mass is 79.9. The van der Waals surface area contributed by atoms with Gasteiger partial charge in [0.15, 0.2) is 10.4 Å². The normalized spacial score (nSPS) is 24.9. The molecule has 0 saturated carbocycles. The number of hydrogen-bond donors (Lipinski definition) is 1. The number of halogens is 1. The number of alkyl halides is 1. The van der Waals surface area contributed by atoms with Gasteiger partial charge >= 0.3 is 11.9 Å². The molecule has 1 N–H and O–H groups in total. The first kappa shape index (κ1) is 18.4. The quantitative estimate of drug-likeness (QED) is 0.351. The summed E-state index contributed by atoms with van der Waals surface area (Å²) in [4.78, 5) is 42.1. The molecular weight excluding hydrogens is 462 g/mol. The molecule has 3 atom stereocenters. The maximum absolute atomic E-state index is 13.0. The van der Waals surface area contributed by atoms with E-state index in [1.807, 2.05) is 28.8 Å². The number of β-lactam (4-membered cyclic amide) rings is 1. The number of imidazole rings is 1. The molecular formula is C19H14BrN3O5S. The van der Waals surface area contributed by atoms with Crippen LogP contribution in [0, 0.1) is 0 Å². The molecule has 5 rings (SSSR count). The summed E-state index contributed by atoms with van der Waals surface area (Å²) in [7, 11) is 0. The van der Waals surface area contributed by atoms with Gasteiger partial charge in [-0.3, -0.25) is 14.5 Å². The molecule has 8 nitrogen and oxygen atoms in total. The fourth-order valence-corrected chi connectivity index (χ4v) is 6.25. The van der Waals surface area contributed by atoms with Crippen molar-refractivity contribution in [2.24, 2.45) is 0 Å². The van der Waals surface area contributed by atoms with Gasteiger partial charge in [0, 0.05) is 30.6 Å². The Kier molecular flexibility index (Phi) is 3.94. The number of carboxylic acids is 1. The fraction of sp³-hybridized carbons (Fsp3) is 0.263. The molecule has 2 unspecified atom stereocenters. The molecule has 0 spiro atoms. The van der Waals surface area contributed by atoms with Crippen LogP contribution in [-0.4, -0.2) is 47.1 Å². The molecule has 0 aliphatic carbocycles. The largest absolute Gasteiger partial charge is 0.477 e. The van der Waals surface area contributed by atoms with Gasteiger partial charge in [-0.25, -0.2) is 9.78 Å². The zero-order valence-corrected chi connectivity index (χ0v) is 17.4. The summed E-state index contributed by atoms with van der Waals surface area (Å²) < 4.78 is 6.20. The number of fused-ring (bicyclic) bond motifs is 4. The van der Waals surface area contributed by atoms with Gasteiger partial charge in [-0.15, -0.1) is 11.8 Å². The van der Waals surface area contributed by atoms with Gasteiger partial charge < -0.3 is 14.4 Å². The first-order valence-corrected chi connectivity index (χ1v) is 10.5. The molecule has 4 heterocycles. The summed E-state index contributed by atoms with van der Waals surface area (Å²) >= 11 is 4.69. The van der Waals surface area contributed by atoms with Gasteiger partial charge in [0.2, 0.25) is 0 Å². The average Bonchev–Trinajstić information content (AvgIpc) is 3.36. The molecule has 1 fully saturated rings. The predicted octanol–water partition coefficient (Wildman–Crippen LogP) is 2.49. The predicted molar refractivity (Wildman–Crippen MR) is 107 cm³/mol. The van der Waals surface area contributed by atoms with Crippen molar-refractivity contribution in [3.8, 4) is 11.4 Å². The summed E-state index contributed by atoms with van der Waals surface area (Å²) in [6.45, 7) is 1.91. The highest BCUT2D eigenvalue weighted by molar-refractivity contribution is 9.10. The van der Waals surface area contributed by atoms with E-state index >= 15 is 0 Å². The van der Waals surface area contributed by atoms with Gasteiger partial charge in [0.05, 0.1) is 0 Å². The number of carboxylic acid groups (broad SMARTS) is 1. The summed E-state index contributed by atoms with van der Waals surface area (Å²) in [5, 5.41) is 10.2. The number of hydrogen-bond acceptors (Lipinski definition) is 6. The van der Waals surface area contributed by atoms with Crippen LogP contribution >= 0.6 is 27.7 Å². The number of aromatic nitrogens is 2. The average molecular weight is 476 g/mol. The van der Waals surface area contributed by atoms with Crippen LogP contribution in [0.25, 0.3) is 11.4 Å². The zero-order valence-electron chi connectivity index (χ0n) is 15.0. The lowest BCUT2D eigenvalue weighted by molar-refractivity contribution is -0.162. The fourth-order valence-electron chi connectivity index (χ4n) is 3.98. The number of thioether (sulfide) groups is 1. The Morgan fingerprint density at radius 1 is 1.41 bits per heavy atom. The third-order valence-corrected chi connectivity index (χ3v) is 7.95. The summed E-state index contributed by atoms with van der Waals surface area (Å²) in [5.41, 5.74) is 2.50. The lowest BCUT2D eigenvalue weighted by Gasteiger charge is -2.51. The van der Waals surface area contributed by atoms with E-state index in [4.69, 9.17) is 4.74 Å².